The fourth-order valence-corrected chi connectivity index (χ4v) is 2.82. The smallest absolute Gasteiger partial charge is 0.00964 e. The van der Waals surface area contributed by atoms with Crippen LogP contribution in [0.5, 0.6) is 0 Å². The summed E-state index contributed by atoms with van der Waals surface area (Å²) in [7, 11) is 1.33. The van der Waals surface area contributed by atoms with Crippen LogP contribution in [-0.4, -0.2) is 0 Å². The molecule has 0 bridgehead atoms. The lowest BCUT2D eigenvalue weighted by Crippen LogP contribution is -2.25. The van der Waals surface area contributed by atoms with E-state index in [-0.39, 0.29) is 0 Å². The van der Waals surface area contributed by atoms with Gasteiger partial charge in [0.15, 0.2) is 0 Å². The molecule has 1 aromatic carbocycles. The lowest BCUT2D eigenvalue weighted by Gasteiger charge is -2.02. The molecule has 0 saturated heterocycles. The summed E-state index contributed by atoms with van der Waals surface area (Å²) in [6.45, 7) is 0. The van der Waals surface area contributed by atoms with E-state index >= 15 is 0 Å². The van der Waals surface area contributed by atoms with E-state index in [0.717, 1.165) is 0 Å². The number of hydrogen-bond donors (Lipinski definition) is 0. The van der Waals surface area contributed by atoms with Crippen LogP contribution in [0.2, 0.25) is 0 Å². The summed E-state index contributed by atoms with van der Waals surface area (Å²) in [6.07, 6.45) is 7.09. The standard InChI is InChI=1S/C13H11P/c1-2-5-11-9-13-12(6-3-7-14-13)8-10(11)4-1/h3-9H,1-2H2. The fourth-order valence-electron chi connectivity index (χ4n) is 1.99. The minimum Gasteiger partial charge on any atom is -0.0763 e. The highest BCUT2D eigenvalue weighted by atomic mass is 31.0. The van der Waals surface area contributed by atoms with Crippen LogP contribution in [0, 0.1) is 0 Å². The molecule has 68 valence electrons. The van der Waals surface area contributed by atoms with Crippen molar-refractivity contribution in [2.75, 3.05) is 0 Å². The van der Waals surface area contributed by atoms with Crippen molar-refractivity contribution in [3.8, 4) is 0 Å². The Balaban J connectivity index is 2.51. The monoisotopic (exact) mass is 198 g/mol. The molecule has 1 heteroatoms. The molecule has 1 heterocycles. The predicted molar refractivity (Wildman–Crippen MR) is 63.9 cm³/mol. The van der Waals surface area contributed by atoms with Gasteiger partial charge in [-0.2, -0.15) is 0 Å². The minimum atomic E-state index is 1.19. The van der Waals surface area contributed by atoms with Crippen LogP contribution in [0.1, 0.15) is 12.8 Å². The summed E-state index contributed by atoms with van der Waals surface area (Å²) in [5.41, 5.74) is 0. The molecular weight excluding hydrogens is 187 g/mol. The van der Waals surface area contributed by atoms with E-state index in [9.17, 15) is 0 Å². The molecule has 14 heavy (non-hydrogen) atoms. The Bertz CT molecular complexity index is 542. The van der Waals surface area contributed by atoms with Gasteiger partial charge in [0.25, 0.3) is 0 Å². The Morgan fingerprint density at radius 3 is 2.64 bits per heavy atom. The molecular formula is C13H11P. The highest BCUT2D eigenvalue weighted by molar-refractivity contribution is 7.35. The van der Waals surface area contributed by atoms with Crippen molar-refractivity contribution in [3.63, 3.8) is 0 Å². The molecule has 2 aromatic rings. The van der Waals surface area contributed by atoms with Crippen molar-refractivity contribution in [3.05, 3.63) is 40.5 Å². The van der Waals surface area contributed by atoms with Crippen LogP contribution in [0.15, 0.2) is 30.1 Å². The number of hydrogen-bond acceptors (Lipinski definition) is 0. The predicted octanol–water partition coefficient (Wildman–Crippen LogP) is 2.77. The highest BCUT2D eigenvalue weighted by Gasteiger charge is 1.96. The van der Waals surface area contributed by atoms with Gasteiger partial charge in [-0.3, -0.25) is 0 Å². The van der Waals surface area contributed by atoms with Gasteiger partial charge in [0.05, 0.1) is 0 Å². The molecule has 3 rings (SSSR count). The van der Waals surface area contributed by atoms with E-state index in [0.29, 0.717) is 0 Å². The van der Waals surface area contributed by atoms with E-state index in [1.165, 1.54) is 42.0 Å². The van der Waals surface area contributed by atoms with E-state index < -0.39 is 0 Å². The zero-order valence-electron chi connectivity index (χ0n) is 7.90. The highest BCUT2D eigenvalue weighted by Crippen LogP contribution is 2.19. The largest absolute Gasteiger partial charge is 0.0763 e. The Morgan fingerprint density at radius 2 is 1.79 bits per heavy atom. The lowest BCUT2D eigenvalue weighted by molar-refractivity contribution is 1.12. The average molecular weight is 198 g/mol. The summed E-state index contributed by atoms with van der Waals surface area (Å²) in [5.74, 6) is 2.20. The molecule has 0 N–H and O–H groups in total. The SMILES string of the molecule is C1=c2cc3cccpc3cc2=CCC1. The van der Waals surface area contributed by atoms with Gasteiger partial charge >= 0.3 is 0 Å². The van der Waals surface area contributed by atoms with Crippen molar-refractivity contribution < 1.29 is 0 Å². The van der Waals surface area contributed by atoms with Crippen molar-refractivity contribution in [1.82, 2.24) is 0 Å². The van der Waals surface area contributed by atoms with Gasteiger partial charge < -0.3 is 0 Å². The van der Waals surface area contributed by atoms with Crippen LogP contribution in [0.4, 0.5) is 0 Å². The maximum Gasteiger partial charge on any atom is 0.00964 e. The van der Waals surface area contributed by atoms with E-state index in [2.05, 4.69) is 42.2 Å². The second-order valence-corrected chi connectivity index (χ2v) is 4.70. The first-order chi connectivity index (χ1) is 6.93. The van der Waals surface area contributed by atoms with Gasteiger partial charge in [0.2, 0.25) is 0 Å². The zero-order chi connectivity index (χ0) is 9.38. The molecule has 0 aliphatic heterocycles. The van der Waals surface area contributed by atoms with E-state index in [4.69, 9.17) is 0 Å². The van der Waals surface area contributed by atoms with Gasteiger partial charge in [0, 0.05) is 5.12 Å². The molecule has 0 nitrogen and oxygen atoms in total. The minimum absolute atomic E-state index is 1.19. The van der Waals surface area contributed by atoms with Crippen molar-refractivity contribution >= 4 is 30.8 Å². The summed E-state index contributed by atoms with van der Waals surface area (Å²) >= 11 is 0. The first-order valence-electron chi connectivity index (χ1n) is 4.99. The molecule has 1 aliphatic carbocycles. The van der Waals surface area contributed by atoms with Crippen LogP contribution >= 0.6 is 8.19 Å². The molecule has 0 atom stereocenters. The summed E-state index contributed by atoms with van der Waals surface area (Å²) in [4.78, 5) is 0. The lowest BCUT2D eigenvalue weighted by atomic mass is 10.1. The average Bonchev–Trinajstić information content (AvgIpc) is 2.26. The maximum atomic E-state index is 2.35. The number of benzene rings is 1. The van der Waals surface area contributed by atoms with Crippen molar-refractivity contribution in [2.45, 2.75) is 12.8 Å². The van der Waals surface area contributed by atoms with Gasteiger partial charge in [0.1, 0.15) is 0 Å². The topological polar surface area (TPSA) is 0 Å². The molecule has 1 aliphatic rings. The third kappa shape index (κ3) is 1.27. The quantitative estimate of drug-likeness (QED) is 0.610. The van der Waals surface area contributed by atoms with Gasteiger partial charge in [-0.05, 0) is 46.6 Å². The van der Waals surface area contributed by atoms with Crippen LogP contribution in [-0.2, 0) is 0 Å². The summed E-state index contributed by atoms with van der Waals surface area (Å²) in [5, 5.41) is 5.67. The molecule has 1 aromatic heterocycles. The Kier molecular flexibility index (Phi) is 1.89. The Hall–Kier alpha value is -1.13. The van der Waals surface area contributed by atoms with Crippen molar-refractivity contribution in [1.29, 1.82) is 0 Å². The molecule has 0 saturated carbocycles. The second-order valence-electron chi connectivity index (χ2n) is 3.66. The molecule has 0 unspecified atom stereocenters. The van der Waals surface area contributed by atoms with Crippen molar-refractivity contribution in [2.24, 2.45) is 0 Å². The van der Waals surface area contributed by atoms with E-state index in [1.807, 2.05) is 0 Å². The van der Waals surface area contributed by atoms with Gasteiger partial charge in [-0.15, -0.1) is 0 Å². The molecule has 0 amide bonds. The Labute approximate surface area is 84.7 Å². The normalized spacial score (nSPS) is 14.9. The molecule has 0 fully saturated rings. The first-order valence-corrected chi connectivity index (χ1v) is 5.95. The summed E-state index contributed by atoms with van der Waals surface area (Å²) in [6, 6.07) is 9.00. The molecule has 0 spiro atoms. The fraction of sp³-hybridized carbons (Fsp3) is 0.154. The third-order valence-electron chi connectivity index (χ3n) is 2.70. The van der Waals surface area contributed by atoms with Crippen LogP contribution < -0.4 is 10.4 Å². The van der Waals surface area contributed by atoms with Gasteiger partial charge in [-0.25, -0.2) is 0 Å². The molecule has 0 radical (unpaired) electrons. The van der Waals surface area contributed by atoms with Crippen LogP contribution in [0.3, 0.4) is 0 Å². The third-order valence-corrected chi connectivity index (χ3v) is 3.69. The number of rotatable bonds is 0. The Morgan fingerprint density at radius 1 is 1.00 bits per heavy atom. The van der Waals surface area contributed by atoms with E-state index in [1.54, 1.807) is 0 Å². The van der Waals surface area contributed by atoms with Gasteiger partial charge in [-0.1, -0.05) is 32.5 Å². The maximum absolute atomic E-state index is 2.35. The number of fused-ring (bicyclic) bond motifs is 2. The van der Waals surface area contributed by atoms with Crippen LogP contribution in [0.25, 0.3) is 22.7 Å². The summed E-state index contributed by atoms with van der Waals surface area (Å²) < 4.78 is 0. The first kappa shape index (κ1) is 8.20. The second kappa shape index (κ2) is 3.22. The zero-order valence-corrected chi connectivity index (χ0v) is 8.80.